The van der Waals surface area contributed by atoms with Crippen molar-refractivity contribution in [1.82, 2.24) is 14.6 Å². The van der Waals surface area contributed by atoms with Crippen molar-refractivity contribution in [3.8, 4) is 0 Å². The number of rotatable bonds is 12. The van der Waals surface area contributed by atoms with Crippen LogP contribution in [0, 0.1) is 0 Å². The van der Waals surface area contributed by atoms with Crippen LogP contribution in [0.5, 0.6) is 0 Å². The van der Waals surface area contributed by atoms with Gasteiger partial charge in [-0.1, -0.05) is 0 Å². The lowest BCUT2D eigenvalue weighted by Crippen LogP contribution is -2.37. The summed E-state index contributed by atoms with van der Waals surface area (Å²) in [7, 11) is -4.40. The number of carbonyl (C=O) groups is 2. The number of nitrogens with one attached hydrogen (secondary N) is 1. The highest BCUT2D eigenvalue weighted by atomic mass is 32.2. The van der Waals surface area contributed by atoms with Gasteiger partial charge in [-0.05, 0) is 40.7 Å². The average molecular weight is 571 g/mol. The summed E-state index contributed by atoms with van der Waals surface area (Å²) in [4.78, 5) is 39.4. The number of nitrogen functional groups attached to an aromatic ring is 1. The molecule has 1 aliphatic rings. The Balaban J connectivity index is 2.11. The Morgan fingerprint density at radius 2 is 1.89 bits per heavy atom. The summed E-state index contributed by atoms with van der Waals surface area (Å²) in [6.07, 6.45) is -4.30. The molecule has 1 saturated heterocycles. The first-order valence-electron chi connectivity index (χ1n) is 11.3. The predicted octanol–water partition coefficient (Wildman–Crippen LogP) is 1.73. The first-order valence-corrected chi connectivity index (χ1v) is 13.7. The third-order valence-corrected chi connectivity index (χ3v) is 7.79. The first kappa shape index (κ1) is 31.0. The SMILES string of the molecule is CC(C)OC(=O)OCOP(=O)(N[C@@H](C)C(=O)OC(C)C)OC[C@H]1S[C@@H](n2ccc(N)nc2=O)[C@@H](F)[C@@H]1O. The van der Waals surface area contributed by atoms with Gasteiger partial charge in [0, 0.05) is 6.20 Å². The van der Waals surface area contributed by atoms with Crippen molar-refractivity contribution >= 4 is 37.5 Å². The van der Waals surface area contributed by atoms with E-state index in [1.165, 1.54) is 19.2 Å². The third kappa shape index (κ3) is 9.23. The van der Waals surface area contributed by atoms with Crippen molar-refractivity contribution in [2.75, 3.05) is 19.1 Å². The maximum absolute atomic E-state index is 14.9. The number of aromatic nitrogens is 2. The van der Waals surface area contributed by atoms with E-state index in [0.29, 0.717) is 0 Å². The van der Waals surface area contributed by atoms with E-state index in [0.717, 1.165) is 16.3 Å². The smallest absolute Gasteiger partial charge is 0.462 e. The number of ether oxygens (including phenoxy) is 3. The Labute approximate surface area is 216 Å². The van der Waals surface area contributed by atoms with E-state index in [9.17, 15) is 28.4 Å². The first-order chi connectivity index (χ1) is 17.2. The van der Waals surface area contributed by atoms with Crippen molar-refractivity contribution < 1.29 is 46.9 Å². The molecule has 0 radical (unpaired) electrons. The monoisotopic (exact) mass is 570 g/mol. The molecular formula is C20H32FN4O10PS. The summed E-state index contributed by atoms with van der Waals surface area (Å²) in [6, 6.07) is 0.122. The zero-order chi connectivity index (χ0) is 27.9. The predicted molar refractivity (Wildman–Crippen MR) is 130 cm³/mol. The Kier molecular flexibility index (Phi) is 11.3. The molecule has 0 aliphatic carbocycles. The molecule has 14 nitrogen and oxygen atoms in total. The summed E-state index contributed by atoms with van der Waals surface area (Å²) in [5.74, 6) is -0.814. The van der Waals surface area contributed by atoms with Crippen molar-refractivity contribution in [1.29, 1.82) is 0 Å². The normalized spacial score (nSPS) is 24.0. The maximum Gasteiger partial charge on any atom is 0.510 e. The lowest BCUT2D eigenvalue weighted by atomic mass is 10.1. The standard InChI is InChI=1S/C20H32FN4O10PS/c1-10(2)34-18(27)12(5)24-36(30,33-9-31-20(29)35-11(3)4)32-8-13-16(26)15(21)17(37-13)25-7-6-14(22)23-19(25)28/h6-7,10-13,15-17,26H,8-9H2,1-5H3,(H,24,30)(H2,22,23,28)/t12-,13+,15-,16+,17+,36?/m0/s1. The molecule has 1 aromatic heterocycles. The van der Waals surface area contributed by atoms with Crippen LogP contribution in [0.2, 0.25) is 0 Å². The molecule has 37 heavy (non-hydrogen) atoms. The van der Waals surface area contributed by atoms with Gasteiger partial charge < -0.3 is 25.1 Å². The summed E-state index contributed by atoms with van der Waals surface area (Å²) in [5.41, 5.74) is 4.65. The Bertz CT molecular complexity index is 1040. The van der Waals surface area contributed by atoms with Crippen molar-refractivity contribution in [2.24, 2.45) is 0 Å². The second-order valence-electron chi connectivity index (χ2n) is 8.48. The number of aliphatic hydroxyl groups excluding tert-OH is 1. The molecule has 4 N–H and O–H groups in total. The number of aliphatic hydroxyl groups is 1. The zero-order valence-corrected chi connectivity index (χ0v) is 22.6. The number of anilines is 1. The summed E-state index contributed by atoms with van der Waals surface area (Å²) in [6.45, 7) is 6.35. The molecule has 2 rings (SSSR count). The number of esters is 1. The number of carbonyl (C=O) groups excluding carboxylic acids is 2. The van der Waals surface area contributed by atoms with Gasteiger partial charge in [0.1, 0.15) is 23.3 Å². The highest BCUT2D eigenvalue weighted by molar-refractivity contribution is 8.00. The van der Waals surface area contributed by atoms with Gasteiger partial charge in [0.15, 0.2) is 6.17 Å². The van der Waals surface area contributed by atoms with Gasteiger partial charge in [-0.15, -0.1) is 11.8 Å². The molecule has 0 saturated carbocycles. The third-order valence-electron chi connectivity index (χ3n) is 4.62. The highest BCUT2D eigenvalue weighted by Gasteiger charge is 2.46. The van der Waals surface area contributed by atoms with Crippen LogP contribution in [0.3, 0.4) is 0 Å². The lowest BCUT2D eigenvalue weighted by Gasteiger charge is -2.24. The number of alkyl halides is 1. The van der Waals surface area contributed by atoms with Crippen LogP contribution >= 0.6 is 19.5 Å². The minimum Gasteiger partial charge on any atom is -0.462 e. The highest BCUT2D eigenvalue weighted by Crippen LogP contribution is 2.48. The van der Waals surface area contributed by atoms with Crippen LogP contribution in [-0.4, -0.2) is 76.0 Å². The molecule has 6 atom stereocenters. The van der Waals surface area contributed by atoms with Gasteiger partial charge in [0.2, 0.25) is 6.79 Å². The molecule has 1 fully saturated rings. The lowest BCUT2D eigenvalue weighted by molar-refractivity contribution is -0.149. The van der Waals surface area contributed by atoms with E-state index >= 15 is 0 Å². The van der Waals surface area contributed by atoms with Crippen LogP contribution in [0.4, 0.5) is 15.0 Å². The molecule has 17 heteroatoms. The number of nitrogens with two attached hydrogens (primary N) is 1. The molecule has 0 bridgehead atoms. The van der Waals surface area contributed by atoms with E-state index in [4.69, 9.17) is 29.0 Å². The Morgan fingerprint density at radius 1 is 1.24 bits per heavy atom. The molecule has 1 aromatic rings. The second-order valence-corrected chi connectivity index (χ2v) is 11.6. The molecule has 210 valence electrons. The van der Waals surface area contributed by atoms with E-state index in [1.807, 2.05) is 0 Å². The largest absolute Gasteiger partial charge is 0.510 e. The van der Waals surface area contributed by atoms with E-state index in [-0.39, 0.29) is 5.82 Å². The molecule has 1 aliphatic heterocycles. The Morgan fingerprint density at radius 3 is 2.49 bits per heavy atom. The fraction of sp³-hybridized carbons (Fsp3) is 0.700. The average Bonchev–Trinajstić information content (AvgIpc) is 3.05. The fourth-order valence-electron chi connectivity index (χ4n) is 2.96. The molecular weight excluding hydrogens is 538 g/mol. The number of halogens is 1. The van der Waals surface area contributed by atoms with Crippen molar-refractivity contribution in [3.63, 3.8) is 0 Å². The van der Waals surface area contributed by atoms with Gasteiger partial charge in [0.05, 0.1) is 24.1 Å². The maximum atomic E-state index is 14.9. The summed E-state index contributed by atoms with van der Waals surface area (Å²) < 4.78 is 54.2. The zero-order valence-electron chi connectivity index (χ0n) is 20.9. The fourth-order valence-corrected chi connectivity index (χ4v) is 5.83. The van der Waals surface area contributed by atoms with E-state index in [2.05, 4.69) is 10.1 Å². The quantitative estimate of drug-likeness (QED) is 0.187. The summed E-state index contributed by atoms with van der Waals surface area (Å²) >= 11 is 0.841. The number of hydrogen-bond donors (Lipinski definition) is 3. The van der Waals surface area contributed by atoms with Crippen LogP contribution in [0.15, 0.2) is 17.1 Å². The van der Waals surface area contributed by atoms with Crippen LogP contribution in [0.25, 0.3) is 0 Å². The molecule has 2 heterocycles. The Hall–Kier alpha value is -2.23. The minimum absolute atomic E-state index is 0.0474. The second kappa shape index (κ2) is 13.5. The minimum atomic E-state index is -4.40. The van der Waals surface area contributed by atoms with Gasteiger partial charge in [0.25, 0.3) is 0 Å². The van der Waals surface area contributed by atoms with Gasteiger partial charge >= 0.3 is 25.6 Å². The van der Waals surface area contributed by atoms with Crippen LogP contribution < -0.4 is 16.5 Å². The van der Waals surface area contributed by atoms with Crippen LogP contribution in [-0.2, 0) is 32.6 Å². The van der Waals surface area contributed by atoms with Gasteiger partial charge in [-0.2, -0.15) is 4.98 Å². The van der Waals surface area contributed by atoms with E-state index < -0.39 is 80.1 Å². The van der Waals surface area contributed by atoms with Crippen molar-refractivity contribution in [3.05, 3.63) is 22.7 Å². The molecule has 0 aromatic carbocycles. The number of hydrogen-bond acceptors (Lipinski definition) is 13. The van der Waals surface area contributed by atoms with Crippen LogP contribution in [0.1, 0.15) is 40.0 Å². The van der Waals surface area contributed by atoms with Gasteiger partial charge in [-0.3, -0.25) is 18.4 Å². The topological polar surface area (TPSA) is 191 Å². The van der Waals surface area contributed by atoms with E-state index in [1.54, 1.807) is 27.7 Å². The molecule has 0 spiro atoms. The number of nitrogens with zero attached hydrogens (tertiary/aromatic N) is 2. The van der Waals surface area contributed by atoms with Crippen molar-refractivity contribution in [2.45, 2.75) is 75.8 Å². The number of thioether (sulfide) groups is 1. The summed E-state index contributed by atoms with van der Waals surface area (Å²) in [5, 5.41) is 10.6. The van der Waals surface area contributed by atoms with Gasteiger partial charge in [-0.25, -0.2) is 23.6 Å². The molecule has 0 amide bonds. The molecule has 1 unspecified atom stereocenters.